The highest BCUT2D eigenvalue weighted by Crippen LogP contribution is 2.27. The number of sulfonamides is 1. The minimum absolute atomic E-state index is 0.0791. The van der Waals surface area contributed by atoms with Crippen molar-refractivity contribution >= 4 is 52.2 Å². The van der Waals surface area contributed by atoms with Crippen molar-refractivity contribution in [1.82, 2.24) is 9.21 Å². The Kier molecular flexibility index (Phi) is 8.13. The molecule has 1 aliphatic heterocycles. The first-order valence-electron chi connectivity index (χ1n) is 10.4. The van der Waals surface area contributed by atoms with Gasteiger partial charge in [0.2, 0.25) is 21.8 Å². The van der Waals surface area contributed by atoms with Crippen LogP contribution >= 0.6 is 12.6 Å². The van der Waals surface area contributed by atoms with Crippen molar-refractivity contribution in [1.29, 1.82) is 0 Å². The number of carbonyl (C=O) groups excluding carboxylic acids is 2. The molecule has 2 N–H and O–H groups in total. The number of anilines is 1. The summed E-state index contributed by atoms with van der Waals surface area (Å²) in [6.07, 6.45) is 1.69. The number of amides is 2. The molecule has 2 aromatic rings. The van der Waals surface area contributed by atoms with E-state index in [-0.39, 0.29) is 30.3 Å². The van der Waals surface area contributed by atoms with Gasteiger partial charge in [0, 0.05) is 29.9 Å². The van der Waals surface area contributed by atoms with Gasteiger partial charge < -0.3 is 15.3 Å². The fraction of sp³-hybridized carbons (Fsp3) is 0.261. The molecule has 180 valence electrons. The molecule has 0 spiro atoms. The monoisotopic (exact) mass is 503 g/mol. The van der Waals surface area contributed by atoms with Gasteiger partial charge in [0.1, 0.15) is 6.04 Å². The average Bonchev–Trinajstić information content (AvgIpc) is 3.21. The maximum atomic E-state index is 13.0. The van der Waals surface area contributed by atoms with Gasteiger partial charge in [0.25, 0.3) is 0 Å². The zero-order valence-electron chi connectivity index (χ0n) is 18.4. The number of rotatable bonds is 8. The zero-order chi connectivity index (χ0) is 24.9. The molecule has 1 saturated heterocycles. The largest absolute Gasteiger partial charge is 0.478 e. The van der Waals surface area contributed by atoms with Gasteiger partial charge in [-0.25, -0.2) is 13.2 Å². The lowest BCUT2D eigenvalue weighted by molar-refractivity contribution is -0.136. The fourth-order valence-corrected chi connectivity index (χ4v) is 5.43. The van der Waals surface area contributed by atoms with Crippen LogP contribution in [0.1, 0.15) is 22.3 Å². The van der Waals surface area contributed by atoms with Gasteiger partial charge in [0.15, 0.2) is 0 Å². The second-order valence-electron chi connectivity index (χ2n) is 7.86. The van der Waals surface area contributed by atoms with Crippen molar-refractivity contribution in [2.75, 3.05) is 25.5 Å². The summed E-state index contributed by atoms with van der Waals surface area (Å²) in [6.45, 7) is -0.224. The number of carboxylic acids is 1. The maximum Gasteiger partial charge on any atom is 0.335 e. The van der Waals surface area contributed by atoms with Crippen molar-refractivity contribution in [2.45, 2.75) is 17.7 Å². The van der Waals surface area contributed by atoms with Crippen molar-refractivity contribution in [3.63, 3.8) is 0 Å². The van der Waals surface area contributed by atoms with Crippen LogP contribution in [0.25, 0.3) is 6.08 Å². The third kappa shape index (κ3) is 6.46. The molecule has 1 fully saturated rings. The van der Waals surface area contributed by atoms with Crippen molar-refractivity contribution in [2.24, 2.45) is 0 Å². The first kappa shape index (κ1) is 25.5. The van der Waals surface area contributed by atoms with Gasteiger partial charge in [0.05, 0.1) is 12.1 Å². The Balaban J connectivity index is 1.65. The Morgan fingerprint density at radius 1 is 1.15 bits per heavy atom. The summed E-state index contributed by atoms with van der Waals surface area (Å²) in [5, 5.41) is 12.3. The lowest BCUT2D eigenvalue weighted by Crippen LogP contribution is -2.47. The first-order chi connectivity index (χ1) is 16.1. The highest BCUT2D eigenvalue weighted by molar-refractivity contribution is 7.92. The van der Waals surface area contributed by atoms with Gasteiger partial charge in [-0.05, 0) is 42.3 Å². The molecule has 0 bridgehead atoms. The van der Waals surface area contributed by atoms with Crippen LogP contribution in [0.2, 0.25) is 0 Å². The fourth-order valence-electron chi connectivity index (χ4n) is 3.54. The zero-order valence-corrected chi connectivity index (χ0v) is 20.1. The summed E-state index contributed by atoms with van der Waals surface area (Å²) in [4.78, 5) is 37.5. The molecule has 0 saturated carbocycles. The number of benzene rings is 2. The molecule has 0 aliphatic carbocycles. The molecular weight excluding hydrogens is 478 g/mol. The van der Waals surface area contributed by atoms with Crippen molar-refractivity contribution in [3.8, 4) is 0 Å². The third-order valence-electron chi connectivity index (χ3n) is 5.25. The summed E-state index contributed by atoms with van der Waals surface area (Å²) >= 11 is 4.38. The lowest BCUT2D eigenvalue weighted by atomic mass is 10.2. The Labute approximate surface area is 203 Å². The number of nitrogens with one attached hydrogen (secondary N) is 1. The van der Waals surface area contributed by atoms with Crippen LogP contribution < -0.4 is 5.32 Å². The predicted octanol–water partition coefficient (Wildman–Crippen LogP) is 2.16. The van der Waals surface area contributed by atoms with Crippen LogP contribution in [0.5, 0.6) is 0 Å². The van der Waals surface area contributed by atoms with E-state index in [2.05, 4.69) is 17.9 Å². The molecule has 0 radical (unpaired) electrons. The number of aromatic carboxylic acids is 1. The number of hydrogen-bond donors (Lipinski definition) is 3. The quantitative estimate of drug-likeness (QED) is 0.474. The summed E-state index contributed by atoms with van der Waals surface area (Å²) in [5.41, 5.74) is 1.17. The third-order valence-corrected chi connectivity index (χ3v) is 7.16. The summed E-state index contributed by atoms with van der Waals surface area (Å²) in [7, 11) is -2.48. The van der Waals surface area contributed by atoms with Crippen molar-refractivity contribution < 1.29 is 27.9 Å². The van der Waals surface area contributed by atoms with E-state index in [4.69, 9.17) is 5.11 Å². The topological polar surface area (TPSA) is 124 Å². The lowest BCUT2D eigenvalue weighted by Gasteiger charge is -2.26. The SMILES string of the molecule is CN(CC(=O)Nc1ccc(C(=O)O)cc1)C(=O)C1CC(S)CN1S(=O)(=O)C=Cc1ccccc1. The van der Waals surface area contributed by atoms with E-state index in [0.29, 0.717) is 11.3 Å². The van der Waals surface area contributed by atoms with Gasteiger partial charge in [-0.15, -0.1) is 0 Å². The number of likely N-dealkylation sites (N-methyl/N-ethyl adjacent to an activating group) is 1. The van der Waals surface area contributed by atoms with Crippen LogP contribution in [-0.4, -0.2) is 71.9 Å². The summed E-state index contributed by atoms with van der Waals surface area (Å²) in [5.74, 6) is -2.09. The predicted molar refractivity (Wildman–Crippen MR) is 132 cm³/mol. The molecule has 9 nitrogen and oxygen atoms in total. The standard InChI is InChI=1S/C23H25N3O6S2/c1-25(15-21(27)24-18-9-7-17(8-10-18)23(29)30)22(28)20-13-19(33)14-26(20)34(31,32)12-11-16-5-3-2-4-6-16/h2-12,19-20,33H,13-15H2,1H3,(H,24,27)(H,29,30). The van der Waals surface area contributed by atoms with Crippen LogP contribution in [-0.2, 0) is 19.6 Å². The Morgan fingerprint density at radius 3 is 2.41 bits per heavy atom. The Morgan fingerprint density at radius 2 is 1.79 bits per heavy atom. The van der Waals surface area contributed by atoms with Gasteiger partial charge in [-0.2, -0.15) is 16.9 Å². The molecule has 2 atom stereocenters. The average molecular weight is 504 g/mol. The van der Waals surface area contributed by atoms with Gasteiger partial charge in [-0.3, -0.25) is 9.59 Å². The van der Waals surface area contributed by atoms with Crippen LogP contribution in [0.15, 0.2) is 60.0 Å². The highest BCUT2D eigenvalue weighted by atomic mass is 32.2. The van der Waals surface area contributed by atoms with Gasteiger partial charge in [-0.1, -0.05) is 30.3 Å². The van der Waals surface area contributed by atoms with E-state index in [9.17, 15) is 22.8 Å². The number of nitrogens with zero attached hydrogens (tertiary/aromatic N) is 2. The second kappa shape index (κ2) is 10.9. The molecule has 1 heterocycles. The van der Waals surface area contributed by atoms with Crippen LogP contribution in [0.3, 0.4) is 0 Å². The van der Waals surface area contributed by atoms with E-state index in [1.54, 1.807) is 24.3 Å². The second-order valence-corrected chi connectivity index (χ2v) is 10.4. The Bertz CT molecular complexity index is 1180. The van der Waals surface area contributed by atoms with E-state index in [0.717, 1.165) is 9.71 Å². The normalized spacial score (nSPS) is 18.6. The first-order valence-corrected chi connectivity index (χ1v) is 12.4. The molecule has 2 amide bonds. The summed E-state index contributed by atoms with van der Waals surface area (Å²) < 4.78 is 27.0. The van der Waals surface area contributed by atoms with Crippen LogP contribution in [0.4, 0.5) is 5.69 Å². The number of hydrogen-bond acceptors (Lipinski definition) is 6. The number of thiol groups is 1. The van der Waals surface area contributed by atoms with E-state index in [1.807, 2.05) is 6.07 Å². The van der Waals surface area contributed by atoms with Crippen LogP contribution in [0, 0.1) is 0 Å². The Hall–Kier alpha value is -3.15. The molecule has 2 unspecified atom stereocenters. The molecule has 3 rings (SSSR count). The molecule has 34 heavy (non-hydrogen) atoms. The molecule has 11 heteroatoms. The number of carboxylic acid groups (broad SMARTS) is 1. The highest BCUT2D eigenvalue weighted by Gasteiger charge is 2.42. The number of carbonyl (C=O) groups is 3. The van der Waals surface area contributed by atoms with E-state index < -0.39 is 33.8 Å². The maximum absolute atomic E-state index is 13.0. The minimum atomic E-state index is -3.90. The minimum Gasteiger partial charge on any atom is -0.478 e. The molecule has 0 aromatic heterocycles. The molecule has 1 aliphatic rings. The summed E-state index contributed by atoms with van der Waals surface area (Å²) in [6, 6.07) is 13.6. The van der Waals surface area contributed by atoms with E-state index in [1.165, 1.54) is 42.3 Å². The van der Waals surface area contributed by atoms with E-state index >= 15 is 0 Å². The molecular formula is C23H25N3O6S2. The molecule has 2 aromatic carbocycles. The smallest absolute Gasteiger partial charge is 0.335 e. The van der Waals surface area contributed by atoms with Gasteiger partial charge >= 0.3 is 5.97 Å². The van der Waals surface area contributed by atoms with Crippen molar-refractivity contribution in [3.05, 3.63) is 71.1 Å².